The van der Waals surface area contributed by atoms with Crippen molar-refractivity contribution in [1.82, 2.24) is 0 Å². The van der Waals surface area contributed by atoms with Crippen molar-refractivity contribution in [1.29, 1.82) is 0 Å². The predicted molar refractivity (Wildman–Crippen MR) is 95.2 cm³/mol. The quantitative estimate of drug-likeness (QED) is 0.476. The third-order valence-corrected chi connectivity index (χ3v) is 10.6. The Morgan fingerprint density at radius 3 is 1.48 bits per heavy atom. The Labute approximate surface area is 153 Å². The maximum absolute atomic E-state index is 2.62. The maximum atomic E-state index is 2.62. The van der Waals surface area contributed by atoms with Crippen LogP contribution in [0.5, 0.6) is 0 Å². The summed E-state index contributed by atoms with van der Waals surface area (Å²) in [5.74, 6) is 0. The van der Waals surface area contributed by atoms with E-state index in [0.29, 0.717) is 0 Å². The molecular weight excluding hydrogens is 355 g/mol. The van der Waals surface area contributed by atoms with Crippen LogP contribution in [0.4, 0.5) is 0 Å². The van der Waals surface area contributed by atoms with Crippen LogP contribution in [-0.2, 0) is 23.2 Å². The van der Waals surface area contributed by atoms with Crippen LogP contribution in [0, 0.1) is 0 Å². The molecule has 2 atom stereocenters. The Morgan fingerprint density at radius 1 is 0.565 bits per heavy atom. The van der Waals surface area contributed by atoms with Gasteiger partial charge in [-0.1, -0.05) is 0 Å². The molecule has 0 amide bonds. The second kappa shape index (κ2) is 7.82. The van der Waals surface area contributed by atoms with Gasteiger partial charge >= 0.3 is 154 Å². The van der Waals surface area contributed by atoms with Crippen LogP contribution in [0.25, 0.3) is 0 Å². The first kappa shape index (κ1) is 16.3. The van der Waals surface area contributed by atoms with E-state index < -0.39 is 23.2 Å². The van der Waals surface area contributed by atoms with Crippen LogP contribution in [0.3, 0.4) is 0 Å². The molecule has 0 saturated heterocycles. The molecule has 0 aliphatic heterocycles. The van der Waals surface area contributed by atoms with Gasteiger partial charge in [0.15, 0.2) is 0 Å². The molecule has 0 radical (unpaired) electrons. The van der Waals surface area contributed by atoms with Gasteiger partial charge in [0.05, 0.1) is 0 Å². The molecule has 0 aromatic carbocycles. The number of allylic oxidation sites excluding steroid dienone is 8. The van der Waals surface area contributed by atoms with Gasteiger partial charge in [-0.2, -0.15) is 0 Å². The van der Waals surface area contributed by atoms with Crippen LogP contribution in [0.2, 0.25) is 7.25 Å². The van der Waals surface area contributed by atoms with Crippen molar-refractivity contribution in [3.05, 3.63) is 46.6 Å². The van der Waals surface area contributed by atoms with Crippen molar-refractivity contribution in [3.63, 3.8) is 0 Å². The molecule has 122 valence electrons. The summed E-state index contributed by atoms with van der Waals surface area (Å²) in [6.07, 6.45) is 27.5. The Morgan fingerprint density at radius 2 is 1.00 bits per heavy atom. The summed E-state index contributed by atoms with van der Waals surface area (Å²) < 4.78 is 1.83. The monoisotopic (exact) mass is 384 g/mol. The SMILES string of the molecule is C1=C[CH]([Zr][CH]2C=CC3=C2CCCCCC3)C2=C1CCCCCC2. The fourth-order valence-electron chi connectivity index (χ4n) is 4.87. The summed E-state index contributed by atoms with van der Waals surface area (Å²) in [6.45, 7) is 0. The summed E-state index contributed by atoms with van der Waals surface area (Å²) in [7, 11) is 0. The van der Waals surface area contributed by atoms with Gasteiger partial charge < -0.3 is 0 Å². The molecule has 4 rings (SSSR count). The molecule has 0 spiro atoms. The zero-order valence-corrected chi connectivity index (χ0v) is 16.9. The number of hydrogen-bond acceptors (Lipinski definition) is 0. The van der Waals surface area contributed by atoms with Crippen molar-refractivity contribution in [3.8, 4) is 0 Å². The molecule has 0 aromatic rings. The topological polar surface area (TPSA) is 0 Å². The predicted octanol–water partition coefficient (Wildman–Crippen LogP) is 7.09. The number of hydrogen-bond donors (Lipinski definition) is 0. The van der Waals surface area contributed by atoms with Crippen LogP contribution >= 0.6 is 0 Å². The van der Waals surface area contributed by atoms with Crippen molar-refractivity contribution in [2.45, 2.75) is 84.3 Å². The fraction of sp³-hybridized carbons (Fsp3) is 0.636. The molecule has 4 aliphatic carbocycles. The Balaban J connectivity index is 1.48. The van der Waals surface area contributed by atoms with Gasteiger partial charge in [0.2, 0.25) is 0 Å². The first-order chi connectivity index (χ1) is 11.4. The average Bonchev–Trinajstić information content (AvgIpc) is 3.03. The normalized spacial score (nSPS) is 31.3. The minimum atomic E-state index is -0.437. The second-order valence-electron chi connectivity index (χ2n) is 7.77. The third kappa shape index (κ3) is 3.76. The fourth-order valence-corrected chi connectivity index (χ4v) is 9.45. The molecule has 23 heavy (non-hydrogen) atoms. The van der Waals surface area contributed by atoms with Gasteiger partial charge in [0.25, 0.3) is 0 Å². The van der Waals surface area contributed by atoms with E-state index in [1.165, 1.54) is 77.0 Å². The molecule has 0 fully saturated rings. The third-order valence-electron chi connectivity index (χ3n) is 6.20. The minimum absolute atomic E-state index is 0.437. The summed E-state index contributed by atoms with van der Waals surface area (Å²) in [4.78, 5) is 0. The van der Waals surface area contributed by atoms with Gasteiger partial charge in [-0.25, -0.2) is 0 Å². The molecule has 2 unspecified atom stereocenters. The first-order valence-corrected chi connectivity index (χ1v) is 12.8. The van der Waals surface area contributed by atoms with E-state index in [-0.39, 0.29) is 0 Å². The van der Waals surface area contributed by atoms with Crippen molar-refractivity contribution >= 4 is 0 Å². The van der Waals surface area contributed by atoms with Gasteiger partial charge in [0, 0.05) is 0 Å². The van der Waals surface area contributed by atoms with Crippen LogP contribution in [0.1, 0.15) is 77.0 Å². The number of rotatable bonds is 2. The molecule has 0 aromatic heterocycles. The first-order valence-electron chi connectivity index (χ1n) is 9.98. The Hall–Kier alpha value is -0.157. The second-order valence-corrected chi connectivity index (χ2v) is 11.6. The van der Waals surface area contributed by atoms with E-state index in [9.17, 15) is 0 Å². The van der Waals surface area contributed by atoms with Gasteiger partial charge in [-0.15, -0.1) is 0 Å². The van der Waals surface area contributed by atoms with Crippen LogP contribution < -0.4 is 0 Å². The van der Waals surface area contributed by atoms with Crippen molar-refractivity contribution < 1.29 is 23.2 Å². The van der Waals surface area contributed by atoms with E-state index in [1.54, 1.807) is 11.1 Å². The zero-order chi connectivity index (χ0) is 15.5. The summed E-state index contributed by atoms with van der Waals surface area (Å²) >= 11 is -0.437. The molecule has 0 bridgehead atoms. The van der Waals surface area contributed by atoms with Crippen LogP contribution in [0.15, 0.2) is 46.6 Å². The summed E-state index contributed by atoms with van der Waals surface area (Å²) in [5.41, 5.74) is 7.29. The molecule has 0 N–H and O–H groups in total. The van der Waals surface area contributed by atoms with E-state index in [4.69, 9.17) is 0 Å². The zero-order valence-electron chi connectivity index (χ0n) is 14.4. The molecule has 0 nitrogen and oxygen atoms in total. The van der Waals surface area contributed by atoms with E-state index in [0.717, 1.165) is 7.25 Å². The van der Waals surface area contributed by atoms with Gasteiger partial charge in [-0.05, 0) is 0 Å². The van der Waals surface area contributed by atoms with Crippen molar-refractivity contribution in [2.75, 3.05) is 0 Å². The van der Waals surface area contributed by atoms with E-state index in [2.05, 4.69) is 24.3 Å². The molecule has 1 heteroatoms. The standard InChI is InChI=1S/2C11H15.Zr/c2*1-2-4-7-11-9-5-8-10(11)6-3-1;/h2*5,8-9H,1-4,6-7H2;. The van der Waals surface area contributed by atoms with Crippen LogP contribution in [-0.4, -0.2) is 0 Å². The van der Waals surface area contributed by atoms with Gasteiger partial charge in [0.1, 0.15) is 0 Å². The van der Waals surface area contributed by atoms with E-state index in [1.807, 2.05) is 11.1 Å². The Bertz CT molecular complexity index is 511. The molecule has 4 aliphatic rings. The summed E-state index contributed by atoms with van der Waals surface area (Å²) in [5, 5.41) is 0. The van der Waals surface area contributed by atoms with Crippen molar-refractivity contribution in [2.24, 2.45) is 0 Å². The average molecular weight is 386 g/mol. The summed E-state index contributed by atoms with van der Waals surface area (Å²) in [6, 6.07) is 0. The Kier molecular flexibility index (Phi) is 5.55. The molecule has 0 heterocycles. The molecule has 0 saturated carbocycles. The van der Waals surface area contributed by atoms with E-state index >= 15 is 0 Å². The van der Waals surface area contributed by atoms with Gasteiger partial charge in [-0.3, -0.25) is 0 Å². The molecular formula is C22H30Zr.